The van der Waals surface area contributed by atoms with E-state index >= 15 is 0 Å². The normalized spacial score (nSPS) is 28.7. The van der Waals surface area contributed by atoms with Crippen LogP contribution in [0.4, 0.5) is 0 Å². The molecule has 3 heteroatoms. The fourth-order valence-electron chi connectivity index (χ4n) is 0.403. The molecule has 1 saturated heterocycles. The van der Waals surface area contributed by atoms with Gasteiger partial charge in [-0.05, 0) is 6.42 Å². The summed E-state index contributed by atoms with van der Waals surface area (Å²) < 4.78 is 5.40. The molecule has 0 aromatic rings. The molecule has 1 nitrogen and oxygen atoms in total. The highest BCUT2D eigenvalue weighted by atomic mass is 79.9. The van der Waals surface area contributed by atoms with Crippen LogP contribution in [0.1, 0.15) is 6.42 Å². The van der Waals surface area contributed by atoms with Crippen molar-refractivity contribution in [3.63, 3.8) is 0 Å². The fourth-order valence-corrected chi connectivity index (χ4v) is 1.24. The van der Waals surface area contributed by atoms with Crippen molar-refractivity contribution in [2.45, 2.75) is 16.3 Å². The number of hydrogen-bond donors (Lipinski definition) is 0. The molecule has 7 heavy (non-hydrogen) atoms. The molecule has 0 aliphatic carbocycles. The third-order valence-corrected chi connectivity index (χ3v) is 1.59. The van der Waals surface area contributed by atoms with Crippen molar-refractivity contribution in [1.82, 2.24) is 0 Å². The lowest BCUT2D eigenvalue weighted by Crippen LogP contribution is -1.90. The van der Waals surface area contributed by atoms with Crippen LogP contribution in [-0.4, -0.2) is 16.4 Å². The Bertz CT molecular complexity index is 60.7. The number of alkyl halides is 2. The molecule has 0 aromatic heterocycles. The van der Waals surface area contributed by atoms with E-state index in [2.05, 4.69) is 31.9 Å². The molecule has 0 bridgehead atoms. The van der Waals surface area contributed by atoms with Gasteiger partial charge < -0.3 is 4.74 Å². The predicted molar refractivity (Wildman–Crippen MR) is 36.0 cm³/mol. The minimum atomic E-state index is 0.438. The van der Waals surface area contributed by atoms with Gasteiger partial charge in [-0.2, -0.15) is 0 Å². The van der Waals surface area contributed by atoms with Gasteiger partial charge in [0.2, 0.25) is 0 Å². The van der Waals surface area contributed by atoms with Gasteiger partial charge in [-0.25, -0.2) is 0 Å². The van der Waals surface area contributed by atoms with Gasteiger partial charge in [0.05, 0.1) is 16.4 Å². The lowest BCUT2D eigenvalue weighted by Gasteiger charge is -1.91. The maximum Gasteiger partial charge on any atom is 0.0828 e. The molecule has 1 aliphatic heterocycles. The number of epoxide rings is 1. The first-order valence-corrected chi connectivity index (χ1v) is 4.02. The van der Waals surface area contributed by atoms with Crippen LogP contribution in [-0.2, 0) is 4.74 Å². The van der Waals surface area contributed by atoms with Crippen LogP contribution in [0.15, 0.2) is 0 Å². The van der Waals surface area contributed by atoms with E-state index in [0.29, 0.717) is 9.84 Å². The van der Waals surface area contributed by atoms with Crippen LogP contribution in [0.3, 0.4) is 0 Å². The molecule has 0 N–H and O–H groups in total. The summed E-state index contributed by atoms with van der Waals surface area (Å²) in [7, 11) is 0. The van der Waals surface area contributed by atoms with E-state index in [0.717, 1.165) is 13.0 Å². The zero-order valence-electron chi connectivity index (χ0n) is 3.73. The van der Waals surface area contributed by atoms with Crippen LogP contribution in [0.25, 0.3) is 0 Å². The van der Waals surface area contributed by atoms with Gasteiger partial charge in [0.15, 0.2) is 0 Å². The van der Waals surface area contributed by atoms with Crippen LogP contribution >= 0.6 is 31.9 Å². The Morgan fingerprint density at radius 2 is 2.29 bits per heavy atom. The first-order chi connectivity index (χ1) is 3.29. The molecule has 1 fully saturated rings. The van der Waals surface area contributed by atoms with Crippen LogP contribution in [0.2, 0.25) is 0 Å². The second-order valence-corrected chi connectivity index (χ2v) is 5.02. The topological polar surface area (TPSA) is 12.5 Å². The van der Waals surface area contributed by atoms with Gasteiger partial charge in [0.25, 0.3) is 0 Å². The fraction of sp³-hybridized carbons (Fsp3) is 1.00. The highest BCUT2D eigenvalue weighted by molar-refractivity contribution is 9.24. The van der Waals surface area contributed by atoms with Crippen molar-refractivity contribution in [2.75, 3.05) is 6.61 Å². The summed E-state index contributed by atoms with van der Waals surface area (Å²) in [6.45, 7) is 0.952. The summed E-state index contributed by atoms with van der Waals surface area (Å²) >= 11 is 6.70. The van der Waals surface area contributed by atoms with Gasteiger partial charge >= 0.3 is 0 Å². The Morgan fingerprint density at radius 3 is 2.43 bits per heavy atom. The van der Waals surface area contributed by atoms with E-state index < -0.39 is 0 Å². The molecule has 1 unspecified atom stereocenters. The smallest absolute Gasteiger partial charge is 0.0828 e. The van der Waals surface area contributed by atoms with Crippen LogP contribution in [0.5, 0.6) is 0 Å². The molecule has 0 saturated carbocycles. The van der Waals surface area contributed by atoms with E-state index in [1.165, 1.54) is 0 Å². The van der Waals surface area contributed by atoms with E-state index in [1.54, 1.807) is 0 Å². The average Bonchev–Trinajstić information content (AvgIpc) is 2.17. The molecule has 0 radical (unpaired) electrons. The molecule has 1 atom stereocenters. The highest BCUT2D eigenvalue weighted by Crippen LogP contribution is 2.23. The Hall–Kier alpha value is 0.920. The lowest BCUT2D eigenvalue weighted by atomic mass is 10.4. The van der Waals surface area contributed by atoms with E-state index in [1.807, 2.05) is 0 Å². The quantitative estimate of drug-likeness (QED) is 0.521. The minimum Gasteiger partial charge on any atom is -0.373 e. The predicted octanol–water partition coefficient (Wildman–Crippen LogP) is 1.89. The Kier molecular flexibility index (Phi) is 2.13. The number of hydrogen-bond acceptors (Lipinski definition) is 1. The molecule has 0 spiro atoms. The van der Waals surface area contributed by atoms with E-state index in [4.69, 9.17) is 4.74 Å². The molecule has 1 rings (SSSR count). The Labute approximate surface area is 59.7 Å². The second-order valence-electron chi connectivity index (χ2n) is 1.58. The molecular formula is C4H6Br2O. The van der Waals surface area contributed by atoms with Crippen molar-refractivity contribution in [3.05, 3.63) is 0 Å². The summed E-state index contributed by atoms with van der Waals surface area (Å²) in [6.07, 6.45) is 1.61. The lowest BCUT2D eigenvalue weighted by molar-refractivity contribution is 0.403. The zero-order valence-corrected chi connectivity index (χ0v) is 6.91. The van der Waals surface area contributed by atoms with Crippen LogP contribution in [0, 0.1) is 0 Å². The number of ether oxygens (including phenoxy) is 1. The first-order valence-electron chi connectivity index (χ1n) is 2.19. The van der Waals surface area contributed by atoms with Gasteiger partial charge in [0.1, 0.15) is 0 Å². The summed E-state index contributed by atoms with van der Waals surface area (Å²) in [4.78, 5) is 0. The Morgan fingerprint density at radius 1 is 1.71 bits per heavy atom. The highest BCUT2D eigenvalue weighted by Gasteiger charge is 2.23. The molecular weight excluding hydrogens is 224 g/mol. The summed E-state index contributed by atoms with van der Waals surface area (Å²) in [5, 5.41) is 0. The second kappa shape index (κ2) is 2.46. The first kappa shape index (κ1) is 6.05. The summed E-state index contributed by atoms with van der Waals surface area (Å²) in [6, 6.07) is 0. The summed E-state index contributed by atoms with van der Waals surface area (Å²) in [5.41, 5.74) is 0. The van der Waals surface area contributed by atoms with Crippen molar-refractivity contribution in [2.24, 2.45) is 0 Å². The average molecular weight is 230 g/mol. The van der Waals surface area contributed by atoms with Crippen molar-refractivity contribution < 1.29 is 4.74 Å². The number of halogens is 2. The summed E-state index contributed by atoms with van der Waals surface area (Å²) in [5.74, 6) is 0. The number of rotatable bonds is 2. The van der Waals surface area contributed by atoms with Crippen molar-refractivity contribution in [3.8, 4) is 0 Å². The molecule has 0 aromatic carbocycles. The zero-order chi connectivity index (χ0) is 5.28. The standard InChI is InChI=1S/C4H6Br2O/c5-4(6)1-3-2-7-3/h3-4H,1-2H2. The third kappa shape index (κ3) is 2.67. The largest absolute Gasteiger partial charge is 0.373 e. The van der Waals surface area contributed by atoms with Gasteiger partial charge in [-0.3, -0.25) is 0 Å². The molecule has 0 amide bonds. The SMILES string of the molecule is BrC(Br)CC1CO1. The van der Waals surface area contributed by atoms with Gasteiger partial charge in [0, 0.05) is 0 Å². The monoisotopic (exact) mass is 228 g/mol. The maximum atomic E-state index is 4.96. The maximum absolute atomic E-state index is 4.96. The third-order valence-electron chi connectivity index (χ3n) is 0.843. The van der Waals surface area contributed by atoms with Gasteiger partial charge in [-0.1, -0.05) is 31.9 Å². The van der Waals surface area contributed by atoms with E-state index in [-0.39, 0.29) is 0 Å². The van der Waals surface area contributed by atoms with Gasteiger partial charge in [-0.15, -0.1) is 0 Å². The minimum absolute atomic E-state index is 0.438. The van der Waals surface area contributed by atoms with Crippen LogP contribution < -0.4 is 0 Å². The van der Waals surface area contributed by atoms with Crippen molar-refractivity contribution >= 4 is 31.9 Å². The van der Waals surface area contributed by atoms with Crippen molar-refractivity contribution in [1.29, 1.82) is 0 Å². The Balaban J connectivity index is 1.97. The van der Waals surface area contributed by atoms with E-state index in [9.17, 15) is 0 Å². The molecule has 42 valence electrons. The molecule has 1 aliphatic rings. The molecule has 1 heterocycles.